The molecule has 0 aliphatic rings. The molecule has 1 N–H and O–H groups in total. The van der Waals surface area contributed by atoms with Crippen LogP contribution in [-0.2, 0) is 0 Å². The maximum atomic E-state index is 10.7. The van der Waals surface area contributed by atoms with Crippen molar-refractivity contribution in [2.45, 2.75) is 19.8 Å². The molecule has 0 radical (unpaired) electrons. The first-order chi connectivity index (χ1) is 7.67. The van der Waals surface area contributed by atoms with Crippen molar-refractivity contribution in [2.24, 2.45) is 0 Å². The molecule has 0 saturated heterocycles. The molecule has 0 heterocycles. The Morgan fingerprint density at radius 1 is 1.44 bits per heavy atom. The van der Waals surface area contributed by atoms with Gasteiger partial charge in [0.05, 0.1) is 18.1 Å². The van der Waals surface area contributed by atoms with Gasteiger partial charge in [-0.05, 0) is 6.42 Å². The smallest absolute Gasteiger partial charge is 0.275 e. The van der Waals surface area contributed by atoms with Crippen molar-refractivity contribution >= 4 is 11.4 Å². The third-order valence-electron chi connectivity index (χ3n) is 2.20. The van der Waals surface area contributed by atoms with Gasteiger partial charge in [-0.1, -0.05) is 13.3 Å². The third-order valence-corrected chi connectivity index (χ3v) is 2.20. The minimum Gasteiger partial charge on any atom is -0.496 e. The Hall–Kier alpha value is -1.78. The summed E-state index contributed by atoms with van der Waals surface area (Å²) in [5, 5.41) is 13.8. The zero-order valence-electron chi connectivity index (χ0n) is 9.53. The van der Waals surface area contributed by atoms with Crippen molar-refractivity contribution in [3.63, 3.8) is 0 Å². The lowest BCUT2D eigenvalue weighted by atomic mass is 10.2. The molecule has 5 nitrogen and oxygen atoms in total. The lowest BCUT2D eigenvalue weighted by Crippen LogP contribution is -2.02. The van der Waals surface area contributed by atoms with E-state index < -0.39 is 4.92 Å². The van der Waals surface area contributed by atoms with Crippen LogP contribution in [0.4, 0.5) is 11.4 Å². The number of hydrogen-bond acceptors (Lipinski definition) is 4. The zero-order valence-corrected chi connectivity index (χ0v) is 9.53. The van der Waals surface area contributed by atoms with E-state index in [1.807, 2.05) is 0 Å². The highest BCUT2D eigenvalue weighted by Crippen LogP contribution is 2.25. The van der Waals surface area contributed by atoms with E-state index >= 15 is 0 Å². The molecule has 1 aromatic rings. The summed E-state index contributed by atoms with van der Waals surface area (Å²) in [5.41, 5.74) is 0.762. The van der Waals surface area contributed by atoms with Gasteiger partial charge in [0.2, 0.25) is 0 Å². The van der Waals surface area contributed by atoms with E-state index in [1.165, 1.54) is 19.2 Å². The second-order valence-corrected chi connectivity index (χ2v) is 3.46. The summed E-state index contributed by atoms with van der Waals surface area (Å²) >= 11 is 0. The van der Waals surface area contributed by atoms with Crippen molar-refractivity contribution in [3.8, 4) is 5.75 Å². The predicted molar refractivity (Wildman–Crippen MR) is 63.0 cm³/mol. The molecule has 0 aromatic heterocycles. The minimum absolute atomic E-state index is 0.0401. The van der Waals surface area contributed by atoms with Crippen LogP contribution < -0.4 is 10.1 Å². The highest BCUT2D eigenvalue weighted by molar-refractivity contribution is 5.56. The highest BCUT2D eigenvalue weighted by Gasteiger charge is 2.09. The van der Waals surface area contributed by atoms with E-state index in [4.69, 9.17) is 4.74 Å². The maximum Gasteiger partial charge on any atom is 0.275 e. The van der Waals surface area contributed by atoms with Crippen LogP contribution in [0, 0.1) is 10.1 Å². The first kappa shape index (κ1) is 12.3. The van der Waals surface area contributed by atoms with Crippen LogP contribution >= 0.6 is 0 Å². The molecule has 1 rings (SSSR count). The Balaban J connectivity index is 2.82. The fourth-order valence-corrected chi connectivity index (χ4v) is 1.32. The lowest BCUT2D eigenvalue weighted by molar-refractivity contribution is -0.384. The molecule has 0 aliphatic carbocycles. The van der Waals surface area contributed by atoms with Crippen LogP contribution in [0.25, 0.3) is 0 Å². The van der Waals surface area contributed by atoms with Crippen molar-refractivity contribution in [3.05, 3.63) is 28.3 Å². The molecule has 88 valence electrons. The fourth-order valence-electron chi connectivity index (χ4n) is 1.32. The first-order valence-electron chi connectivity index (χ1n) is 5.24. The summed E-state index contributed by atoms with van der Waals surface area (Å²) in [6.45, 7) is 2.90. The van der Waals surface area contributed by atoms with E-state index in [9.17, 15) is 10.1 Å². The highest BCUT2D eigenvalue weighted by atomic mass is 16.6. The molecule has 0 saturated carbocycles. The van der Waals surface area contributed by atoms with Gasteiger partial charge in [0.25, 0.3) is 5.69 Å². The molecule has 5 heteroatoms. The number of nitro benzene ring substituents is 1. The van der Waals surface area contributed by atoms with Crippen molar-refractivity contribution in [2.75, 3.05) is 19.0 Å². The number of nitro groups is 1. The van der Waals surface area contributed by atoms with Gasteiger partial charge in [-0.15, -0.1) is 0 Å². The Labute approximate surface area is 94.6 Å². The summed E-state index contributed by atoms with van der Waals surface area (Å²) in [5.74, 6) is 0.494. The largest absolute Gasteiger partial charge is 0.496 e. The number of benzene rings is 1. The van der Waals surface area contributed by atoms with E-state index in [0.29, 0.717) is 5.75 Å². The van der Waals surface area contributed by atoms with E-state index in [-0.39, 0.29) is 5.69 Å². The number of nitrogens with zero attached hydrogens (tertiary/aromatic N) is 1. The standard InChI is InChI=1S/C11H16N2O3/c1-3-4-5-12-9-6-10(13(14)15)8-11(7-9)16-2/h6-8,12H,3-5H2,1-2H3. The second kappa shape index (κ2) is 5.95. The Bertz CT molecular complexity index is 366. The van der Waals surface area contributed by atoms with Crippen LogP contribution in [0.3, 0.4) is 0 Å². The molecular formula is C11H16N2O3. The van der Waals surface area contributed by atoms with Crippen LogP contribution in [0.15, 0.2) is 18.2 Å². The number of nitrogens with one attached hydrogen (secondary N) is 1. The molecule has 0 unspecified atom stereocenters. The molecular weight excluding hydrogens is 208 g/mol. The summed E-state index contributed by atoms with van der Waals surface area (Å²) in [4.78, 5) is 10.3. The Kier molecular flexibility index (Phi) is 4.57. The van der Waals surface area contributed by atoms with E-state index in [1.54, 1.807) is 6.07 Å². The average Bonchev–Trinajstić information content (AvgIpc) is 2.29. The van der Waals surface area contributed by atoms with Crippen molar-refractivity contribution < 1.29 is 9.66 Å². The van der Waals surface area contributed by atoms with Crippen molar-refractivity contribution in [1.29, 1.82) is 0 Å². The number of unbranched alkanes of at least 4 members (excludes halogenated alkanes) is 1. The quantitative estimate of drug-likeness (QED) is 0.458. The lowest BCUT2D eigenvalue weighted by Gasteiger charge is -2.07. The number of rotatable bonds is 6. The molecule has 0 amide bonds. The number of ether oxygens (including phenoxy) is 1. The Morgan fingerprint density at radius 3 is 2.75 bits per heavy atom. The summed E-state index contributed by atoms with van der Waals surface area (Å²) in [6.07, 6.45) is 2.12. The van der Waals surface area contributed by atoms with Crippen LogP contribution in [0.1, 0.15) is 19.8 Å². The summed E-state index contributed by atoms with van der Waals surface area (Å²) in [6, 6.07) is 4.67. The maximum absolute atomic E-state index is 10.7. The van der Waals surface area contributed by atoms with Gasteiger partial charge < -0.3 is 10.1 Å². The molecule has 0 aliphatic heterocycles. The van der Waals surface area contributed by atoms with Gasteiger partial charge in [-0.3, -0.25) is 10.1 Å². The monoisotopic (exact) mass is 224 g/mol. The summed E-state index contributed by atoms with van der Waals surface area (Å²) < 4.78 is 5.01. The van der Waals surface area contributed by atoms with Crippen molar-refractivity contribution in [1.82, 2.24) is 0 Å². The van der Waals surface area contributed by atoms with Crippen LogP contribution in [0.2, 0.25) is 0 Å². The zero-order chi connectivity index (χ0) is 12.0. The van der Waals surface area contributed by atoms with E-state index in [2.05, 4.69) is 12.2 Å². The van der Waals surface area contributed by atoms with Crippen LogP contribution in [-0.4, -0.2) is 18.6 Å². The van der Waals surface area contributed by atoms with Gasteiger partial charge in [0.15, 0.2) is 0 Å². The first-order valence-corrected chi connectivity index (χ1v) is 5.24. The SMILES string of the molecule is CCCCNc1cc(OC)cc([N+](=O)[O-])c1. The molecule has 1 aromatic carbocycles. The van der Waals surface area contributed by atoms with Crippen LogP contribution in [0.5, 0.6) is 5.75 Å². The molecule has 0 atom stereocenters. The van der Waals surface area contributed by atoms with Gasteiger partial charge in [-0.25, -0.2) is 0 Å². The molecule has 0 fully saturated rings. The van der Waals surface area contributed by atoms with Gasteiger partial charge in [0.1, 0.15) is 5.75 Å². The predicted octanol–water partition coefficient (Wildman–Crippen LogP) is 2.82. The average molecular weight is 224 g/mol. The third kappa shape index (κ3) is 3.42. The summed E-state index contributed by atoms with van der Waals surface area (Å²) in [7, 11) is 1.49. The molecule has 0 bridgehead atoms. The fraction of sp³-hybridized carbons (Fsp3) is 0.455. The van der Waals surface area contributed by atoms with Gasteiger partial charge in [-0.2, -0.15) is 0 Å². The molecule has 16 heavy (non-hydrogen) atoms. The number of hydrogen-bond donors (Lipinski definition) is 1. The Morgan fingerprint density at radius 2 is 2.19 bits per heavy atom. The number of non-ortho nitro benzene ring substituents is 1. The van der Waals surface area contributed by atoms with Gasteiger partial charge >= 0.3 is 0 Å². The second-order valence-electron chi connectivity index (χ2n) is 3.46. The minimum atomic E-state index is -0.423. The topological polar surface area (TPSA) is 64.4 Å². The van der Waals surface area contributed by atoms with E-state index in [0.717, 1.165) is 25.1 Å². The van der Waals surface area contributed by atoms with Gasteiger partial charge in [0, 0.05) is 24.4 Å². The number of methoxy groups -OCH3 is 1. The number of anilines is 1. The normalized spacial score (nSPS) is 9.88. The molecule has 0 spiro atoms.